The van der Waals surface area contributed by atoms with Crippen LogP contribution >= 0.6 is 0 Å². The second kappa shape index (κ2) is 5.52. The van der Waals surface area contributed by atoms with Crippen LogP contribution in [0.5, 0.6) is 0 Å². The Balaban J connectivity index is 3.04. The number of hydrogen-bond donors (Lipinski definition) is 1. The van der Waals surface area contributed by atoms with Gasteiger partial charge in [-0.15, -0.1) is 0 Å². The molecule has 0 aliphatic heterocycles. The summed E-state index contributed by atoms with van der Waals surface area (Å²) in [7, 11) is -2.55. The molecule has 0 saturated carbocycles. The van der Waals surface area contributed by atoms with Crippen LogP contribution < -0.4 is 5.73 Å². The molecule has 1 aromatic rings. The normalized spacial score (nSPS) is 12.6. The molecule has 0 unspecified atom stereocenters. The molecule has 9 heteroatoms. The maximum absolute atomic E-state index is 12.3. The highest BCUT2D eigenvalue weighted by Gasteiger charge is 2.28. The van der Waals surface area contributed by atoms with E-state index in [9.17, 15) is 17.2 Å². The summed E-state index contributed by atoms with van der Waals surface area (Å²) in [6.45, 7) is -1.05. The van der Waals surface area contributed by atoms with Crippen LogP contribution in [0.1, 0.15) is 0 Å². The van der Waals surface area contributed by atoms with Crippen molar-refractivity contribution in [3.63, 3.8) is 0 Å². The van der Waals surface area contributed by atoms with Crippen molar-refractivity contribution in [1.29, 1.82) is 0 Å². The monoisotopic (exact) mass is 268 g/mol. The Bertz CT molecular complexity index is 460. The summed E-state index contributed by atoms with van der Waals surface area (Å²) in [4.78, 5) is 0. The van der Waals surface area contributed by atoms with Gasteiger partial charge in [-0.05, 0) is 6.07 Å². The van der Waals surface area contributed by atoms with Gasteiger partial charge in [-0.1, -0.05) is 0 Å². The number of nitrogens with two attached hydrogens (primary N) is 1. The molecule has 2 N–H and O–H groups in total. The molecule has 0 aromatic carbocycles. The molecule has 0 bridgehead atoms. The fourth-order valence-electron chi connectivity index (χ4n) is 1.35. The predicted molar refractivity (Wildman–Crippen MR) is 57.0 cm³/mol. The van der Waals surface area contributed by atoms with Crippen LogP contribution in [0.3, 0.4) is 0 Å². The van der Waals surface area contributed by atoms with Gasteiger partial charge in [0.05, 0.1) is 12.7 Å². The Hall–Kier alpha value is -1.06. The van der Waals surface area contributed by atoms with Crippen molar-refractivity contribution in [1.82, 2.24) is 14.1 Å². The van der Waals surface area contributed by atoms with Gasteiger partial charge < -0.3 is 5.73 Å². The molecule has 98 valence electrons. The molecule has 1 heterocycles. The van der Waals surface area contributed by atoms with Crippen LogP contribution in [0.2, 0.25) is 0 Å². The highest BCUT2D eigenvalue weighted by atomic mass is 32.2. The van der Waals surface area contributed by atoms with Gasteiger partial charge in [0.25, 0.3) is 16.4 Å². The topological polar surface area (TPSA) is 81.2 Å². The maximum atomic E-state index is 12.3. The zero-order chi connectivity index (χ0) is 13.1. The van der Waals surface area contributed by atoms with Crippen LogP contribution in [0, 0.1) is 0 Å². The molecule has 0 atom stereocenters. The lowest BCUT2D eigenvalue weighted by Gasteiger charge is -2.20. The molecular formula is C8H14F2N4O2S. The number of nitrogens with zero attached hydrogens (tertiary/aromatic N) is 3. The third kappa shape index (κ3) is 3.20. The summed E-state index contributed by atoms with van der Waals surface area (Å²) < 4.78 is 50.4. The van der Waals surface area contributed by atoms with Crippen molar-refractivity contribution >= 4 is 10.0 Å². The summed E-state index contributed by atoms with van der Waals surface area (Å²) in [6.07, 6.45) is -1.46. The molecule has 0 spiro atoms. The third-order valence-electron chi connectivity index (χ3n) is 2.10. The summed E-state index contributed by atoms with van der Waals surface area (Å²) >= 11 is 0. The summed E-state index contributed by atoms with van der Waals surface area (Å²) in [5.41, 5.74) is 5.22. The van der Waals surface area contributed by atoms with E-state index in [4.69, 9.17) is 5.73 Å². The van der Waals surface area contributed by atoms with Crippen LogP contribution in [0.4, 0.5) is 8.78 Å². The first-order chi connectivity index (χ1) is 7.89. The van der Waals surface area contributed by atoms with Gasteiger partial charge in [0.1, 0.15) is 0 Å². The number of sulfonamides is 1. The molecule has 1 rings (SSSR count). The number of alkyl halides is 2. The van der Waals surface area contributed by atoms with E-state index in [1.165, 1.54) is 19.3 Å². The number of rotatable bonds is 6. The van der Waals surface area contributed by atoms with Crippen molar-refractivity contribution in [3.05, 3.63) is 12.3 Å². The van der Waals surface area contributed by atoms with Gasteiger partial charge in [-0.2, -0.15) is 9.40 Å². The highest BCUT2D eigenvalue weighted by Crippen LogP contribution is 2.15. The zero-order valence-electron chi connectivity index (χ0n) is 9.25. The fourth-order valence-corrected chi connectivity index (χ4v) is 2.89. The minimum atomic E-state index is -3.97. The molecule has 0 radical (unpaired) electrons. The van der Waals surface area contributed by atoms with E-state index in [1.54, 1.807) is 0 Å². The quantitative estimate of drug-likeness (QED) is 0.763. The van der Waals surface area contributed by atoms with E-state index in [1.807, 2.05) is 0 Å². The lowest BCUT2D eigenvalue weighted by Crippen LogP contribution is -2.39. The van der Waals surface area contributed by atoms with E-state index in [0.29, 0.717) is 4.31 Å². The molecule has 0 saturated heterocycles. The molecule has 1 aromatic heterocycles. The number of hydrogen-bond acceptors (Lipinski definition) is 4. The second-order valence-corrected chi connectivity index (χ2v) is 5.22. The number of aryl methyl sites for hydroxylation is 1. The van der Waals surface area contributed by atoms with E-state index >= 15 is 0 Å². The first-order valence-electron chi connectivity index (χ1n) is 4.86. The summed E-state index contributed by atoms with van der Waals surface area (Å²) in [6, 6.07) is 1.25. The average molecular weight is 268 g/mol. The smallest absolute Gasteiger partial charge is 0.260 e. The molecular weight excluding hydrogens is 254 g/mol. The van der Waals surface area contributed by atoms with Gasteiger partial charge in [0.15, 0.2) is 5.03 Å². The lowest BCUT2D eigenvalue weighted by molar-refractivity contribution is 0.120. The summed E-state index contributed by atoms with van der Waals surface area (Å²) in [5.74, 6) is 0. The van der Waals surface area contributed by atoms with Crippen LogP contribution in [0.25, 0.3) is 0 Å². The average Bonchev–Trinajstić information content (AvgIpc) is 2.63. The van der Waals surface area contributed by atoms with Crippen molar-refractivity contribution in [2.75, 3.05) is 19.6 Å². The molecule has 6 nitrogen and oxygen atoms in total. The van der Waals surface area contributed by atoms with Crippen LogP contribution in [-0.2, 0) is 17.1 Å². The first kappa shape index (κ1) is 14.0. The Morgan fingerprint density at radius 2 is 2.24 bits per heavy atom. The van der Waals surface area contributed by atoms with E-state index < -0.39 is 23.0 Å². The number of halogens is 2. The molecule has 17 heavy (non-hydrogen) atoms. The Morgan fingerprint density at radius 3 is 2.65 bits per heavy atom. The fraction of sp³-hybridized carbons (Fsp3) is 0.625. The maximum Gasteiger partial charge on any atom is 0.260 e. The summed E-state index contributed by atoms with van der Waals surface area (Å²) in [5, 5.41) is 3.56. The minimum absolute atomic E-state index is 0.0240. The van der Waals surface area contributed by atoms with Crippen molar-refractivity contribution in [2.24, 2.45) is 12.8 Å². The molecule has 0 amide bonds. The van der Waals surface area contributed by atoms with Gasteiger partial charge >= 0.3 is 0 Å². The predicted octanol–water partition coefficient (Wildman–Crippen LogP) is -0.365. The minimum Gasteiger partial charge on any atom is -0.329 e. The van der Waals surface area contributed by atoms with E-state index in [2.05, 4.69) is 5.10 Å². The third-order valence-corrected chi connectivity index (χ3v) is 4.04. The van der Waals surface area contributed by atoms with Gasteiger partial charge in [0, 0.05) is 20.1 Å². The van der Waals surface area contributed by atoms with Crippen molar-refractivity contribution in [3.8, 4) is 0 Å². The van der Waals surface area contributed by atoms with Crippen LogP contribution in [0.15, 0.2) is 17.3 Å². The molecule has 0 aliphatic carbocycles. The van der Waals surface area contributed by atoms with Gasteiger partial charge in [-0.3, -0.25) is 4.68 Å². The Labute approximate surface area is 98.1 Å². The zero-order valence-corrected chi connectivity index (χ0v) is 10.1. The first-order valence-corrected chi connectivity index (χ1v) is 6.30. The largest absolute Gasteiger partial charge is 0.329 e. The Kier molecular flexibility index (Phi) is 4.54. The van der Waals surface area contributed by atoms with E-state index in [-0.39, 0.29) is 18.1 Å². The number of aromatic nitrogens is 2. The van der Waals surface area contributed by atoms with Crippen molar-refractivity contribution in [2.45, 2.75) is 11.5 Å². The SMILES string of the molecule is Cn1nccc1S(=O)(=O)N(CCN)CC(F)F. The van der Waals surface area contributed by atoms with Crippen molar-refractivity contribution < 1.29 is 17.2 Å². The second-order valence-electron chi connectivity index (χ2n) is 3.34. The molecule has 0 fully saturated rings. The van der Waals surface area contributed by atoms with Crippen LogP contribution in [-0.4, -0.2) is 48.6 Å². The highest BCUT2D eigenvalue weighted by molar-refractivity contribution is 7.89. The molecule has 0 aliphatic rings. The van der Waals surface area contributed by atoms with Gasteiger partial charge in [0.2, 0.25) is 0 Å². The Morgan fingerprint density at radius 1 is 1.59 bits per heavy atom. The lowest BCUT2D eigenvalue weighted by atomic mass is 10.6. The standard InChI is InChI=1S/C8H14F2N4O2S/c1-13-8(2-4-12-13)17(15,16)14(5-3-11)6-7(9)10/h2,4,7H,3,5-6,11H2,1H3. The van der Waals surface area contributed by atoms with Gasteiger partial charge in [-0.25, -0.2) is 17.2 Å². The van der Waals surface area contributed by atoms with E-state index in [0.717, 1.165) is 4.68 Å².